The summed E-state index contributed by atoms with van der Waals surface area (Å²) in [5, 5.41) is 21.7. The molecule has 0 aromatic heterocycles. The van der Waals surface area contributed by atoms with Crippen LogP contribution in [0.5, 0.6) is 17.2 Å². The van der Waals surface area contributed by atoms with E-state index in [2.05, 4.69) is 16.7 Å². The number of morpholine rings is 1. The van der Waals surface area contributed by atoms with Gasteiger partial charge in [-0.15, -0.1) is 0 Å². The SMILES string of the molecule is COCCOC(=O)N1C(=O)[C@@]2(c3cc(C#CC4(O)CCCCCC4)ccc31)[C@H](C(=O)N1CCN(Cc3ccc4c(c3)OCO4)CC1)[C@H]1C(=O)O[C@H](c3ccccc3)[C@H](c3ccccc3)N1[C@@H]2c1cccc(OCCO)c1. The van der Waals surface area contributed by atoms with Crippen molar-refractivity contribution in [3.05, 3.63) is 155 Å². The first-order valence-electron chi connectivity index (χ1n) is 26.3. The van der Waals surface area contributed by atoms with Crippen LogP contribution in [0.1, 0.15) is 90.1 Å². The normalized spacial score (nSPS) is 24.8. The molecule has 5 aromatic carbocycles. The van der Waals surface area contributed by atoms with Crippen LogP contribution in [0, 0.1) is 17.8 Å². The molecule has 0 radical (unpaired) electrons. The summed E-state index contributed by atoms with van der Waals surface area (Å²) in [5.41, 5.74) is 0.558. The maximum absolute atomic E-state index is 16.8. The van der Waals surface area contributed by atoms with Gasteiger partial charge in [-0.2, -0.15) is 0 Å². The Labute approximate surface area is 442 Å². The Morgan fingerprint density at radius 2 is 1.47 bits per heavy atom. The fourth-order valence-corrected chi connectivity index (χ4v) is 12.4. The van der Waals surface area contributed by atoms with E-state index in [1.165, 1.54) is 7.11 Å². The van der Waals surface area contributed by atoms with Crippen LogP contribution < -0.4 is 19.1 Å². The van der Waals surface area contributed by atoms with Crippen molar-refractivity contribution in [1.29, 1.82) is 0 Å². The molecule has 5 aromatic rings. The van der Waals surface area contributed by atoms with Gasteiger partial charge in [0.2, 0.25) is 18.6 Å². The van der Waals surface area contributed by atoms with Crippen molar-refractivity contribution < 1.29 is 57.8 Å². The van der Waals surface area contributed by atoms with Crippen molar-refractivity contribution in [2.75, 3.05) is 71.4 Å². The van der Waals surface area contributed by atoms with Gasteiger partial charge >= 0.3 is 12.1 Å². The van der Waals surface area contributed by atoms with E-state index in [0.29, 0.717) is 66.4 Å². The summed E-state index contributed by atoms with van der Waals surface area (Å²) in [6.45, 7) is 1.79. The lowest BCUT2D eigenvalue weighted by Gasteiger charge is -2.46. The number of anilines is 1. The fourth-order valence-electron chi connectivity index (χ4n) is 12.4. The molecule has 1 aliphatic carbocycles. The number of ether oxygens (including phenoxy) is 6. The molecular weight excluding hydrogens is 969 g/mol. The van der Waals surface area contributed by atoms with Crippen molar-refractivity contribution in [3.8, 4) is 29.1 Å². The highest BCUT2D eigenvalue weighted by molar-refractivity contribution is 6.23. The summed E-state index contributed by atoms with van der Waals surface area (Å²) in [7, 11) is 1.48. The molecule has 3 amide bonds. The molecule has 1 saturated carbocycles. The van der Waals surface area contributed by atoms with E-state index in [9.17, 15) is 15.0 Å². The lowest BCUT2D eigenvalue weighted by Crippen LogP contribution is -2.59. The lowest BCUT2D eigenvalue weighted by molar-refractivity contribution is -0.179. The van der Waals surface area contributed by atoms with Crippen molar-refractivity contribution in [2.45, 2.75) is 80.3 Å². The number of benzene rings is 5. The molecule has 4 fully saturated rings. The number of fused-ring (bicyclic) bond motifs is 4. The number of carbonyl (C=O) groups excluding carboxylic acids is 4. The standard InChI is InChI=1S/C60H62N4O12/c1-71-33-34-73-58(69)63-47-21-19-40(23-26-59(70)24-10-2-3-11-25-59)35-46(47)60(57(63)68)50(55(66)62-29-27-61(28-30-62)38-41-20-22-48-49(36-41)75-39-74-48)52-56(67)76-53(43-15-8-5-9-16-43)51(42-13-6-4-7-14-42)64(52)54(60)44-17-12-18-45(37-44)72-32-31-65/h4-9,12-22,35-37,50-54,65,70H,2-3,10-11,24-25,27-34,38-39H2,1H3/t50-,51-,52-,53+,54+,60-/m0/s1. The first kappa shape index (κ1) is 50.9. The Morgan fingerprint density at radius 1 is 0.750 bits per heavy atom. The van der Waals surface area contributed by atoms with Gasteiger partial charge in [-0.3, -0.25) is 24.2 Å². The van der Waals surface area contributed by atoms with Crippen LogP contribution in [0.25, 0.3) is 0 Å². The molecule has 6 atom stereocenters. The summed E-state index contributed by atoms with van der Waals surface area (Å²) >= 11 is 0. The predicted octanol–water partition coefficient (Wildman–Crippen LogP) is 7.02. The van der Waals surface area contributed by atoms with Crippen molar-refractivity contribution >= 4 is 29.6 Å². The third kappa shape index (κ3) is 9.45. The zero-order chi connectivity index (χ0) is 52.4. The zero-order valence-corrected chi connectivity index (χ0v) is 42.5. The van der Waals surface area contributed by atoms with Gasteiger partial charge in [0.1, 0.15) is 42.1 Å². The van der Waals surface area contributed by atoms with Gasteiger partial charge in [-0.25, -0.2) is 9.69 Å². The number of cyclic esters (lactones) is 1. The Kier molecular flexibility index (Phi) is 14.6. The van der Waals surface area contributed by atoms with E-state index in [4.69, 9.17) is 28.4 Å². The number of aliphatic hydroxyl groups is 2. The van der Waals surface area contributed by atoms with E-state index in [0.717, 1.165) is 41.7 Å². The van der Waals surface area contributed by atoms with Crippen LogP contribution >= 0.6 is 0 Å². The van der Waals surface area contributed by atoms with Crippen molar-refractivity contribution in [2.24, 2.45) is 5.92 Å². The second-order valence-corrected chi connectivity index (χ2v) is 20.4. The third-order valence-electron chi connectivity index (χ3n) is 15.9. The summed E-state index contributed by atoms with van der Waals surface area (Å²) in [6.07, 6.45) is 2.75. The molecule has 16 nitrogen and oxygen atoms in total. The Hall–Kier alpha value is -7.26. The highest BCUT2D eigenvalue weighted by Crippen LogP contribution is 2.66. The molecule has 0 bridgehead atoms. The van der Waals surface area contributed by atoms with Crippen LogP contribution in [0.4, 0.5) is 10.5 Å². The number of carbonyl (C=O) groups is 4. The molecule has 5 heterocycles. The maximum Gasteiger partial charge on any atom is 0.421 e. The molecule has 11 rings (SSSR count). The largest absolute Gasteiger partial charge is 0.491 e. The van der Waals surface area contributed by atoms with Crippen molar-refractivity contribution in [3.63, 3.8) is 0 Å². The predicted molar refractivity (Wildman–Crippen MR) is 278 cm³/mol. The van der Waals surface area contributed by atoms with Crippen LogP contribution in [0.3, 0.4) is 0 Å². The van der Waals surface area contributed by atoms with Gasteiger partial charge in [-0.05, 0) is 96.0 Å². The molecule has 76 heavy (non-hydrogen) atoms. The number of piperazine rings is 1. The van der Waals surface area contributed by atoms with E-state index >= 15 is 14.4 Å². The number of imide groups is 1. The third-order valence-corrected chi connectivity index (χ3v) is 15.9. The zero-order valence-electron chi connectivity index (χ0n) is 42.5. The molecule has 2 N–H and O–H groups in total. The Bertz CT molecular complexity index is 3020. The summed E-state index contributed by atoms with van der Waals surface area (Å²) in [6, 6.07) is 33.7. The number of amides is 3. The first-order chi connectivity index (χ1) is 37.1. The van der Waals surface area contributed by atoms with Gasteiger partial charge in [0.25, 0.3) is 0 Å². The van der Waals surface area contributed by atoms with Gasteiger partial charge < -0.3 is 43.5 Å². The Balaban J connectivity index is 1.12. The number of nitrogens with zero attached hydrogens (tertiary/aromatic N) is 4. The number of hydrogen-bond donors (Lipinski definition) is 2. The Morgan fingerprint density at radius 3 is 2.21 bits per heavy atom. The number of methoxy groups -OCH3 is 1. The monoisotopic (exact) mass is 1030 g/mol. The molecular formula is C60H62N4O12. The van der Waals surface area contributed by atoms with Crippen LogP contribution in [0.2, 0.25) is 0 Å². The molecule has 3 saturated heterocycles. The minimum absolute atomic E-state index is 0.0281. The minimum Gasteiger partial charge on any atom is -0.491 e. The second kappa shape index (κ2) is 21.8. The molecule has 5 aliphatic heterocycles. The van der Waals surface area contributed by atoms with Crippen LogP contribution in [0.15, 0.2) is 121 Å². The van der Waals surface area contributed by atoms with Gasteiger partial charge in [-0.1, -0.05) is 104 Å². The highest BCUT2D eigenvalue weighted by atomic mass is 16.7. The number of esters is 1. The number of aliphatic hydroxyl groups excluding tert-OH is 1. The molecule has 394 valence electrons. The van der Waals surface area contributed by atoms with E-state index in [1.54, 1.807) is 41.3 Å². The van der Waals surface area contributed by atoms with E-state index in [1.807, 2.05) is 89.8 Å². The average Bonchev–Trinajstić information content (AvgIpc) is 3.69. The first-order valence-corrected chi connectivity index (χ1v) is 26.3. The van der Waals surface area contributed by atoms with E-state index < -0.39 is 65.0 Å². The van der Waals surface area contributed by atoms with Gasteiger partial charge in [0.15, 0.2) is 11.5 Å². The fraction of sp³-hybridized carbons (Fsp3) is 0.400. The van der Waals surface area contributed by atoms with Crippen LogP contribution in [-0.2, 0) is 40.6 Å². The smallest absolute Gasteiger partial charge is 0.421 e. The van der Waals surface area contributed by atoms with Gasteiger partial charge in [0.05, 0.1) is 36.9 Å². The highest BCUT2D eigenvalue weighted by Gasteiger charge is 2.76. The van der Waals surface area contributed by atoms with E-state index in [-0.39, 0.29) is 57.6 Å². The number of rotatable bonds is 12. The molecule has 1 spiro atoms. The summed E-state index contributed by atoms with van der Waals surface area (Å²) < 4.78 is 35.0. The topological polar surface area (TPSA) is 177 Å². The lowest BCUT2D eigenvalue weighted by atomic mass is 9.64. The molecule has 6 aliphatic rings. The van der Waals surface area contributed by atoms with Crippen LogP contribution in [-0.4, -0.2) is 127 Å². The second-order valence-electron chi connectivity index (χ2n) is 20.4. The quantitative estimate of drug-likeness (QED) is 0.0565. The molecule has 16 heteroatoms. The summed E-state index contributed by atoms with van der Waals surface area (Å²) in [5.74, 6) is 4.74. The minimum atomic E-state index is -2.06. The van der Waals surface area contributed by atoms with Gasteiger partial charge in [0, 0.05) is 45.4 Å². The number of hydrogen-bond acceptors (Lipinski definition) is 14. The van der Waals surface area contributed by atoms with Crippen molar-refractivity contribution in [1.82, 2.24) is 14.7 Å². The molecule has 0 unspecified atom stereocenters. The average molecular weight is 1030 g/mol. The maximum atomic E-state index is 16.8. The summed E-state index contributed by atoms with van der Waals surface area (Å²) in [4.78, 5) is 70.7.